The number of hydrogen-bond donors (Lipinski definition) is 1. The van der Waals surface area contributed by atoms with Crippen molar-refractivity contribution in [1.29, 1.82) is 5.26 Å². The molecule has 150 valence electrons. The first-order chi connectivity index (χ1) is 14.2. The van der Waals surface area contributed by atoms with Crippen LogP contribution in [0.2, 0.25) is 0 Å². The maximum absolute atomic E-state index is 14.9. The van der Waals surface area contributed by atoms with E-state index in [4.69, 9.17) is 0 Å². The lowest BCUT2D eigenvalue weighted by molar-refractivity contribution is 0.0746. The topological polar surface area (TPSA) is 61.3 Å². The number of nitrogens with zero attached hydrogens (tertiary/aromatic N) is 3. The Morgan fingerprint density at radius 3 is 2.53 bits per heavy atom. The van der Waals surface area contributed by atoms with Gasteiger partial charge < -0.3 is 5.11 Å². The van der Waals surface area contributed by atoms with Gasteiger partial charge in [0.2, 0.25) is 0 Å². The second kappa shape index (κ2) is 7.01. The SMILES string of the molecule is CC(C)(O)c1ccn2c(-c3ccc(F)c(-c4c(F)cccc4C#N)c3)cnc2c1F. The summed E-state index contributed by atoms with van der Waals surface area (Å²) >= 11 is 0. The van der Waals surface area contributed by atoms with E-state index in [0.29, 0.717) is 11.3 Å². The Hall–Kier alpha value is -3.63. The largest absolute Gasteiger partial charge is 0.386 e. The monoisotopic (exact) mass is 407 g/mol. The van der Waals surface area contributed by atoms with E-state index in [2.05, 4.69) is 4.98 Å². The molecule has 4 rings (SSSR count). The molecule has 1 N–H and O–H groups in total. The average molecular weight is 407 g/mol. The molecule has 0 aliphatic heterocycles. The molecule has 0 radical (unpaired) electrons. The predicted molar refractivity (Wildman–Crippen MR) is 106 cm³/mol. The summed E-state index contributed by atoms with van der Waals surface area (Å²) in [4.78, 5) is 4.10. The molecule has 0 fully saturated rings. The summed E-state index contributed by atoms with van der Waals surface area (Å²) in [6.45, 7) is 2.94. The van der Waals surface area contributed by atoms with Crippen LogP contribution in [0, 0.1) is 28.8 Å². The highest BCUT2D eigenvalue weighted by Gasteiger charge is 2.24. The van der Waals surface area contributed by atoms with Crippen molar-refractivity contribution in [3.8, 4) is 28.5 Å². The number of benzene rings is 2. The third-order valence-electron chi connectivity index (χ3n) is 4.94. The highest BCUT2D eigenvalue weighted by molar-refractivity contribution is 5.77. The minimum Gasteiger partial charge on any atom is -0.386 e. The molecule has 0 amide bonds. The molecule has 2 aromatic carbocycles. The number of pyridine rings is 1. The molecule has 2 heterocycles. The van der Waals surface area contributed by atoms with Gasteiger partial charge in [0.05, 0.1) is 29.1 Å². The van der Waals surface area contributed by atoms with Gasteiger partial charge in [-0.25, -0.2) is 18.2 Å². The number of aliphatic hydroxyl groups is 1. The van der Waals surface area contributed by atoms with Crippen molar-refractivity contribution >= 4 is 5.65 Å². The molecule has 0 aliphatic carbocycles. The zero-order valence-electron chi connectivity index (χ0n) is 16.1. The quantitative estimate of drug-likeness (QED) is 0.509. The van der Waals surface area contributed by atoms with Crippen LogP contribution >= 0.6 is 0 Å². The molecule has 0 aliphatic rings. The van der Waals surface area contributed by atoms with Gasteiger partial charge in [-0.15, -0.1) is 0 Å². The van der Waals surface area contributed by atoms with E-state index in [-0.39, 0.29) is 27.9 Å². The summed E-state index contributed by atoms with van der Waals surface area (Å²) < 4.78 is 45.3. The molecule has 0 atom stereocenters. The highest BCUT2D eigenvalue weighted by Crippen LogP contribution is 2.34. The van der Waals surface area contributed by atoms with Crippen molar-refractivity contribution < 1.29 is 18.3 Å². The Morgan fingerprint density at radius 1 is 1.07 bits per heavy atom. The summed E-state index contributed by atoms with van der Waals surface area (Å²) in [5.74, 6) is -2.08. The van der Waals surface area contributed by atoms with Crippen molar-refractivity contribution in [3.05, 3.63) is 83.4 Å². The van der Waals surface area contributed by atoms with Crippen LogP contribution in [0.25, 0.3) is 28.0 Å². The van der Waals surface area contributed by atoms with Crippen LogP contribution in [-0.2, 0) is 5.60 Å². The number of aromatic nitrogens is 2. The molecular formula is C23H16F3N3O. The average Bonchev–Trinajstić information content (AvgIpc) is 3.13. The van der Waals surface area contributed by atoms with Crippen LogP contribution in [0.3, 0.4) is 0 Å². The van der Waals surface area contributed by atoms with Crippen LogP contribution < -0.4 is 0 Å². The number of halogens is 3. The lowest BCUT2D eigenvalue weighted by Gasteiger charge is -2.18. The van der Waals surface area contributed by atoms with E-state index < -0.39 is 23.1 Å². The zero-order chi connectivity index (χ0) is 21.6. The van der Waals surface area contributed by atoms with Crippen molar-refractivity contribution in [2.45, 2.75) is 19.4 Å². The van der Waals surface area contributed by atoms with E-state index in [1.54, 1.807) is 6.20 Å². The number of nitriles is 1. The summed E-state index contributed by atoms with van der Waals surface area (Å²) in [6, 6.07) is 11.3. The third kappa shape index (κ3) is 3.11. The van der Waals surface area contributed by atoms with Crippen molar-refractivity contribution in [3.63, 3.8) is 0 Å². The fourth-order valence-corrected chi connectivity index (χ4v) is 3.47. The van der Waals surface area contributed by atoms with Crippen LogP contribution in [0.1, 0.15) is 25.0 Å². The molecule has 0 spiro atoms. The Bertz CT molecular complexity index is 1330. The first-order valence-electron chi connectivity index (χ1n) is 9.09. The van der Waals surface area contributed by atoms with Gasteiger partial charge in [0.1, 0.15) is 11.6 Å². The number of imidazole rings is 1. The Labute approximate surface area is 170 Å². The standard InChI is InChI=1S/C23H16F3N3O/c1-23(2,30)16-8-9-29-19(12-28-22(29)21(16)26)13-6-7-17(24)15(10-13)20-14(11-27)4-3-5-18(20)25/h3-10,12,30H,1-2H3. The Morgan fingerprint density at radius 2 is 1.83 bits per heavy atom. The summed E-state index contributed by atoms with van der Waals surface area (Å²) in [6.07, 6.45) is 2.97. The van der Waals surface area contributed by atoms with Crippen molar-refractivity contribution in [2.24, 2.45) is 0 Å². The minimum atomic E-state index is -1.39. The second-order valence-electron chi connectivity index (χ2n) is 7.41. The van der Waals surface area contributed by atoms with E-state index in [1.807, 2.05) is 6.07 Å². The minimum absolute atomic E-state index is 0.000828. The van der Waals surface area contributed by atoms with E-state index in [0.717, 1.165) is 6.07 Å². The lowest BCUT2D eigenvalue weighted by Crippen LogP contribution is -2.18. The molecule has 30 heavy (non-hydrogen) atoms. The van der Waals surface area contributed by atoms with Crippen LogP contribution in [-0.4, -0.2) is 14.5 Å². The molecular weight excluding hydrogens is 391 g/mol. The maximum Gasteiger partial charge on any atom is 0.174 e. The Balaban J connectivity index is 1.92. The molecule has 4 aromatic rings. The number of fused-ring (bicyclic) bond motifs is 1. The van der Waals surface area contributed by atoms with Crippen molar-refractivity contribution in [2.75, 3.05) is 0 Å². The summed E-state index contributed by atoms with van der Waals surface area (Å²) in [5.41, 5.74) is -0.598. The van der Waals surface area contributed by atoms with E-state index in [9.17, 15) is 23.5 Å². The predicted octanol–water partition coefficient (Wildman–Crippen LogP) is 5.18. The van der Waals surface area contributed by atoms with Gasteiger partial charge in [0.15, 0.2) is 11.5 Å². The first-order valence-corrected chi connectivity index (χ1v) is 9.09. The summed E-state index contributed by atoms with van der Waals surface area (Å²) in [7, 11) is 0. The molecule has 2 aromatic heterocycles. The normalized spacial score (nSPS) is 11.6. The number of rotatable bonds is 3. The van der Waals surface area contributed by atoms with Gasteiger partial charge in [0.25, 0.3) is 0 Å². The number of hydrogen-bond acceptors (Lipinski definition) is 3. The van der Waals surface area contributed by atoms with Gasteiger partial charge in [-0.1, -0.05) is 6.07 Å². The summed E-state index contributed by atoms with van der Waals surface area (Å²) in [5, 5.41) is 19.4. The molecule has 7 heteroatoms. The zero-order valence-corrected chi connectivity index (χ0v) is 16.1. The Kier molecular flexibility index (Phi) is 4.60. The molecule has 0 saturated heterocycles. The molecule has 0 saturated carbocycles. The molecule has 0 unspecified atom stereocenters. The van der Waals surface area contributed by atoms with Gasteiger partial charge in [-0.3, -0.25) is 4.40 Å². The van der Waals surface area contributed by atoms with Gasteiger partial charge in [0, 0.05) is 28.5 Å². The highest BCUT2D eigenvalue weighted by atomic mass is 19.1. The lowest BCUT2D eigenvalue weighted by atomic mass is 9.96. The van der Waals surface area contributed by atoms with E-state index in [1.165, 1.54) is 60.8 Å². The van der Waals surface area contributed by atoms with Crippen LogP contribution in [0.4, 0.5) is 13.2 Å². The first kappa shape index (κ1) is 19.7. The fourth-order valence-electron chi connectivity index (χ4n) is 3.47. The fraction of sp³-hybridized carbons (Fsp3) is 0.130. The molecule has 4 nitrogen and oxygen atoms in total. The smallest absolute Gasteiger partial charge is 0.174 e. The van der Waals surface area contributed by atoms with Crippen molar-refractivity contribution in [1.82, 2.24) is 9.38 Å². The van der Waals surface area contributed by atoms with Crippen LogP contribution in [0.15, 0.2) is 54.9 Å². The maximum atomic E-state index is 14.9. The van der Waals surface area contributed by atoms with Gasteiger partial charge >= 0.3 is 0 Å². The third-order valence-corrected chi connectivity index (χ3v) is 4.94. The van der Waals surface area contributed by atoms with Gasteiger partial charge in [-0.05, 0) is 50.2 Å². The van der Waals surface area contributed by atoms with Gasteiger partial charge in [-0.2, -0.15) is 5.26 Å². The van der Waals surface area contributed by atoms with Crippen LogP contribution in [0.5, 0.6) is 0 Å². The second-order valence-corrected chi connectivity index (χ2v) is 7.41. The van der Waals surface area contributed by atoms with E-state index >= 15 is 0 Å². The molecule has 0 bridgehead atoms.